The fourth-order valence-corrected chi connectivity index (χ4v) is 0. The minimum atomic E-state index is -3.42. The van der Waals surface area contributed by atoms with Crippen LogP contribution in [0.3, 0.4) is 0 Å². The summed E-state index contributed by atoms with van der Waals surface area (Å²) in [6.07, 6.45) is 0. The molecule has 0 rings (SSSR count). The SMILES string of the molecule is [O-]B(F)F.[Rb+]. The zero-order chi connectivity index (χ0) is 3.58. The molecule has 5 heavy (non-hydrogen) atoms. The summed E-state index contributed by atoms with van der Waals surface area (Å²) < 4.78 is 19.6. The van der Waals surface area contributed by atoms with Gasteiger partial charge in [0, 0.05) is 0 Å². The summed E-state index contributed by atoms with van der Waals surface area (Å²) in [5.74, 6) is 0. The van der Waals surface area contributed by atoms with Gasteiger partial charge in [0.2, 0.25) is 0 Å². The molecular weight excluding hydrogens is 150 g/mol. The Morgan fingerprint density at radius 3 is 1.40 bits per heavy atom. The van der Waals surface area contributed by atoms with Crippen LogP contribution >= 0.6 is 0 Å². The molecule has 0 aliphatic carbocycles. The van der Waals surface area contributed by atoms with E-state index in [4.69, 9.17) is 5.02 Å². The molecule has 0 fully saturated rings. The molecule has 1 nitrogen and oxygen atoms in total. The summed E-state index contributed by atoms with van der Waals surface area (Å²) in [7, 11) is -3.42. The van der Waals surface area contributed by atoms with Crippen molar-refractivity contribution in [3.8, 4) is 0 Å². The normalized spacial score (nSPS) is 5.40. The summed E-state index contributed by atoms with van der Waals surface area (Å²) >= 11 is 0. The molecule has 0 saturated carbocycles. The second kappa shape index (κ2) is 5.69. The molecule has 0 aliphatic rings. The van der Waals surface area contributed by atoms with Crippen LogP contribution in [0.15, 0.2) is 0 Å². The number of hydrogen-bond donors (Lipinski definition) is 0. The van der Waals surface area contributed by atoms with Gasteiger partial charge in [-0.05, 0) is 0 Å². The summed E-state index contributed by atoms with van der Waals surface area (Å²) in [4.78, 5) is 0. The van der Waals surface area contributed by atoms with E-state index < -0.39 is 7.47 Å². The van der Waals surface area contributed by atoms with E-state index in [9.17, 15) is 8.63 Å². The maximum Gasteiger partial charge on any atom is 1.00 e. The van der Waals surface area contributed by atoms with Crippen LogP contribution in [0.1, 0.15) is 0 Å². The Labute approximate surface area is 77.7 Å². The van der Waals surface area contributed by atoms with E-state index in [-0.39, 0.29) is 58.2 Å². The van der Waals surface area contributed by atoms with Crippen LogP contribution in [-0.2, 0) is 0 Å². The first-order valence-electron chi connectivity index (χ1n) is 0.672. The quantitative estimate of drug-likeness (QED) is 0.326. The van der Waals surface area contributed by atoms with Crippen LogP contribution in [0.5, 0.6) is 0 Å². The predicted octanol–water partition coefficient (Wildman–Crippen LogP) is -3.73. The molecule has 5 heteroatoms. The van der Waals surface area contributed by atoms with Crippen molar-refractivity contribution < 1.29 is 71.8 Å². The van der Waals surface area contributed by atoms with E-state index in [0.29, 0.717) is 0 Å². The molecular formula is BF2ORb. The van der Waals surface area contributed by atoms with E-state index in [1.807, 2.05) is 0 Å². The van der Waals surface area contributed by atoms with Gasteiger partial charge in [-0.15, -0.1) is 0 Å². The first-order chi connectivity index (χ1) is 1.73. The van der Waals surface area contributed by atoms with Gasteiger partial charge in [-0.2, -0.15) is 0 Å². The van der Waals surface area contributed by atoms with Crippen molar-refractivity contribution in [3.63, 3.8) is 0 Å². The van der Waals surface area contributed by atoms with Crippen molar-refractivity contribution in [3.05, 3.63) is 0 Å². The van der Waals surface area contributed by atoms with E-state index >= 15 is 0 Å². The Hall–Kier alpha value is 1.69. The van der Waals surface area contributed by atoms with Gasteiger partial charge >= 0.3 is 65.7 Å². The second-order valence-electron chi connectivity index (χ2n) is 0.261. The summed E-state index contributed by atoms with van der Waals surface area (Å²) in [6.45, 7) is 0. The maximum absolute atomic E-state index is 9.78. The minimum Gasteiger partial charge on any atom is -0.824 e. The van der Waals surface area contributed by atoms with Crippen LogP contribution in [0.25, 0.3) is 0 Å². The van der Waals surface area contributed by atoms with Crippen molar-refractivity contribution in [2.45, 2.75) is 0 Å². The van der Waals surface area contributed by atoms with Crippen LogP contribution in [0.4, 0.5) is 8.63 Å². The molecule has 0 saturated heterocycles. The van der Waals surface area contributed by atoms with Crippen LogP contribution in [0, 0.1) is 0 Å². The second-order valence-corrected chi connectivity index (χ2v) is 0.261. The molecule has 0 aromatic rings. The molecule has 24 valence electrons. The zero-order valence-corrected chi connectivity index (χ0v) is 7.66. The average molecular weight is 150 g/mol. The Balaban J connectivity index is 0. The van der Waals surface area contributed by atoms with E-state index in [1.54, 1.807) is 0 Å². The number of hydrogen-bond acceptors (Lipinski definition) is 1. The smallest absolute Gasteiger partial charge is 0.824 e. The van der Waals surface area contributed by atoms with Gasteiger partial charge in [-0.1, -0.05) is 0 Å². The summed E-state index contributed by atoms with van der Waals surface area (Å²) in [6, 6.07) is 0. The molecule has 0 aromatic carbocycles. The van der Waals surface area contributed by atoms with Gasteiger partial charge in [0.15, 0.2) is 0 Å². The predicted molar refractivity (Wildman–Crippen MR) is 7.97 cm³/mol. The van der Waals surface area contributed by atoms with E-state index in [0.717, 1.165) is 0 Å². The maximum atomic E-state index is 9.78. The minimum absolute atomic E-state index is 0. The molecule has 0 atom stereocenters. The number of halogens is 2. The first kappa shape index (κ1) is 9.85. The molecule has 0 aromatic heterocycles. The molecule has 0 amide bonds. The molecule has 0 spiro atoms. The molecule has 0 aliphatic heterocycles. The number of rotatable bonds is 0. The standard InChI is InChI=1S/BF2O.Rb/c2-1(3)4;/q-1;+1. The Morgan fingerprint density at radius 1 is 1.40 bits per heavy atom. The fourth-order valence-electron chi connectivity index (χ4n) is 0. The molecule has 0 bridgehead atoms. The molecule has 0 unspecified atom stereocenters. The van der Waals surface area contributed by atoms with Crippen LogP contribution in [0.2, 0.25) is 0 Å². The van der Waals surface area contributed by atoms with Crippen LogP contribution in [-0.4, -0.2) is 7.47 Å². The Bertz CT molecular complexity index is 14.4. The van der Waals surface area contributed by atoms with Crippen molar-refractivity contribution in [1.29, 1.82) is 0 Å². The van der Waals surface area contributed by atoms with E-state index in [2.05, 4.69) is 0 Å². The van der Waals surface area contributed by atoms with Gasteiger partial charge in [-0.3, -0.25) is 0 Å². The van der Waals surface area contributed by atoms with E-state index in [1.165, 1.54) is 0 Å². The molecule has 0 heterocycles. The molecule has 0 radical (unpaired) electrons. The van der Waals surface area contributed by atoms with Gasteiger partial charge in [0.25, 0.3) is 0 Å². The van der Waals surface area contributed by atoms with Gasteiger partial charge in [-0.25, -0.2) is 0 Å². The first-order valence-corrected chi connectivity index (χ1v) is 0.672. The van der Waals surface area contributed by atoms with Crippen molar-refractivity contribution >= 4 is 7.47 Å². The van der Waals surface area contributed by atoms with Crippen molar-refractivity contribution in [2.24, 2.45) is 0 Å². The van der Waals surface area contributed by atoms with Crippen molar-refractivity contribution in [1.82, 2.24) is 0 Å². The zero-order valence-electron chi connectivity index (χ0n) is 2.74. The third kappa shape index (κ3) is 27.1. The molecule has 0 N–H and O–H groups in total. The Morgan fingerprint density at radius 2 is 1.40 bits per heavy atom. The topological polar surface area (TPSA) is 23.1 Å². The fraction of sp³-hybridized carbons (Fsp3) is 0. The summed E-state index contributed by atoms with van der Waals surface area (Å²) in [5.41, 5.74) is 0. The largest absolute Gasteiger partial charge is 1.00 e. The monoisotopic (exact) mass is 150 g/mol. The average Bonchev–Trinajstić information content (AvgIpc) is 0.811. The van der Waals surface area contributed by atoms with Gasteiger partial charge in [0.05, 0.1) is 0 Å². The summed E-state index contributed by atoms with van der Waals surface area (Å²) in [5, 5.41) is 8.19. The van der Waals surface area contributed by atoms with Gasteiger partial charge in [0.1, 0.15) is 0 Å². The van der Waals surface area contributed by atoms with Crippen molar-refractivity contribution in [2.75, 3.05) is 0 Å². The van der Waals surface area contributed by atoms with Gasteiger partial charge < -0.3 is 13.7 Å². The third-order valence-corrected chi connectivity index (χ3v) is 0. The van der Waals surface area contributed by atoms with Crippen LogP contribution < -0.4 is 63.2 Å². The third-order valence-electron chi connectivity index (χ3n) is 0. The Kier molecular flexibility index (Phi) is 11.2.